The number of hydrogen-bond acceptors (Lipinski definition) is 5. The van der Waals surface area contributed by atoms with E-state index < -0.39 is 0 Å². The lowest BCUT2D eigenvalue weighted by molar-refractivity contribution is -0.118. The van der Waals surface area contributed by atoms with Crippen molar-refractivity contribution in [1.82, 2.24) is 24.5 Å². The minimum atomic E-state index is -0.279. The minimum Gasteiger partial charge on any atom is -0.355 e. The molecule has 0 unspecified atom stereocenters. The first-order chi connectivity index (χ1) is 15.1. The van der Waals surface area contributed by atoms with E-state index >= 15 is 0 Å². The first-order valence-electron chi connectivity index (χ1n) is 9.70. The Morgan fingerprint density at radius 2 is 1.94 bits per heavy atom. The van der Waals surface area contributed by atoms with E-state index in [2.05, 4.69) is 22.1 Å². The number of amides is 1. The summed E-state index contributed by atoms with van der Waals surface area (Å²) >= 11 is 1.22. The highest BCUT2D eigenvalue weighted by Crippen LogP contribution is 2.21. The van der Waals surface area contributed by atoms with Crippen LogP contribution in [0.25, 0.3) is 16.7 Å². The van der Waals surface area contributed by atoms with Crippen LogP contribution in [0.15, 0.2) is 71.1 Å². The SMILES string of the molecule is C=CCn1c(=O)c2ccccc2n2c(SCC(=O)NCCc3ccccc3F)nnc12. The number of carbonyl (C=O) groups excluding carboxylic acids is 1. The number of hydrogen-bond donors (Lipinski definition) is 1. The summed E-state index contributed by atoms with van der Waals surface area (Å²) < 4.78 is 17.0. The fourth-order valence-corrected chi connectivity index (χ4v) is 4.11. The molecule has 0 radical (unpaired) electrons. The van der Waals surface area contributed by atoms with Crippen molar-refractivity contribution in [3.63, 3.8) is 0 Å². The zero-order valence-electron chi connectivity index (χ0n) is 16.6. The van der Waals surface area contributed by atoms with E-state index in [0.29, 0.717) is 46.9 Å². The smallest absolute Gasteiger partial charge is 0.263 e. The Kier molecular flexibility index (Phi) is 6.13. The number of thioether (sulfide) groups is 1. The Hall–Kier alpha value is -3.46. The maximum absolute atomic E-state index is 13.7. The van der Waals surface area contributed by atoms with Gasteiger partial charge in [-0.15, -0.1) is 16.8 Å². The molecule has 9 heteroatoms. The van der Waals surface area contributed by atoms with Gasteiger partial charge in [0, 0.05) is 13.1 Å². The lowest BCUT2D eigenvalue weighted by Gasteiger charge is -2.09. The molecule has 0 aliphatic heterocycles. The van der Waals surface area contributed by atoms with Gasteiger partial charge in [-0.1, -0.05) is 48.2 Å². The third-order valence-electron chi connectivity index (χ3n) is 4.80. The van der Waals surface area contributed by atoms with Crippen LogP contribution in [-0.4, -0.2) is 37.4 Å². The van der Waals surface area contributed by atoms with Crippen molar-refractivity contribution >= 4 is 34.3 Å². The number of allylic oxidation sites excluding steroid dienone is 1. The average Bonchev–Trinajstić information content (AvgIpc) is 3.20. The number of benzene rings is 2. The van der Waals surface area contributed by atoms with Crippen LogP contribution in [-0.2, 0) is 17.8 Å². The van der Waals surface area contributed by atoms with Gasteiger partial charge >= 0.3 is 0 Å². The second kappa shape index (κ2) is 9.13. The molecule has 0 spiro atoms. The first-order valence-corrected chi connectivity index (χ1v) is 10.7. The number of nitrogens with one attached hydrogen (secondary N) is 1. The molecule has 31 heavy (non-hydrogen) atoms. The normalized spacial score (nSPS) is 11.1. The van der Waals surface area contributed by atoms with Crippen LogP contribution >= 0.6 is 11.8 Å². The zero-order valence-corrected chi connectivity index (χ0v) is 17.4. The van der Waals surface area contributed by atoms with E-state index in [0.717, 1.165) is 0 Å². The summed E-state index contributed by atoms with van der Waals surface area (Å²) in [5.41, 5.74) is 1.07. The summed E-state index contributed by atoms with van der Waals surface area (Å²) in [6, 6.07) is 13.7. The molecule has 4 rings (SSSR count). The van der Waals surface area contributed by atoms with Gasteiger partial charge < -0.3 is 5.32 Å². The highest BCUT2D eigenvalue weighted by Gasteiger charge is 2.17. The Labute approximate surface area is 181 Å². The molecular weight excluding hydrogens is 417 g/mol. The summed E-state index contributed by atoms with van der Waals surface area (Å²) in [7, 11) is 0. The monoisotopic (exact) mass is 437 g/mol. The van der Waals surface area contributed by atoms with Crippen LogP contribution < -0.4 is 10.9 Å². The van der Waals surface area contributed by atoms with Gasteiger partial charge in [-0.05, 0) is 30.2 Å². The van der Waals surface area contributed by atoms with Crippen molar-refractivity contribution in [3.05, 3.63) is 82.9 Å². The van der Waals surface area contributed by atoms with Crippen molar-refractivity contribution in [2.24, 2.45) is 0 Å². The van der Waals surface area contributed by atoms with Crippen LogP contribution in [0.1, 0.15) is 5.56 Å². The highest BCUT2D eigenvalue weighted by atomic mass is 32.2. The standard InChI is InChI=1S/C22H20FN5O2S/c1-2-13-27-20(30)16-8-4-6-10-18(16)28-21(27)25-26-22(28)31-14-19(29)24-12-11-15-7-3-5-9-17(15)23/h2-10H,1,11-14H2,(H,24,29). The van der Waals surface area contributed by atoms with Crippen molar-refractivity contribution in [3.8, 4) is 0 Å². The molecule has 7 nitrogen and oxygen atoms in total. The molecule has 0 aliphatic carbocycles. The molecule has 1 amide bonds. The van der Waals surface area contributed by atoms with Gasteiger partial charge in [0.25, 0.3) is 5.56 Å². The number of fused-ring (bicyclic) bond motifs is 3. The first kappa shape index (κ1) is 20.8. The van der Waals surface area contributed by atoms with E-state index in [1.165, 1.54) is 22.4 Å². The maximum Gasteiger partial charge on any atom is 0.263 e. The van der Waals surface area contributed by atoms with Crippen LogP contribution in [0.5, 0.6) is 0 Å². The molecule has 0 atom stereocenters. The van der Waals surface area contributed by atoms with E-state index in [4.69, 9.17) is 0 Å². The summed E-state index contributed by atoms with van der Waals surface area (Å²) in [5.74, 6) is 0.0406. The molecule has 0 saturated heterocycles. The predicted octanol–water partition coefficient (Wildman–Crippen LogP) is 2.82. The van der Waals surface area contributed by atoms with E-state index in [9.17, 15) is 14.0 Å². The topological polar surface area (TPSA) is 81.3 Å². The lowest BCUT2D eigenvalue weighted by atomic mass is 10.1. The lowest BCUT2D eigenvalue weighted by Crippen LogP contribution is -2.27. The predicted molar refractivity (Wildman–Crippen MR) is 119 cm³/mol. The van der Waals surface area contributed by atoms with Crippen molar-refractivity contribution in [2.45, 2.75) is 18.1 Å². The summed E-state index contributed by atoms with van der Waals surface area (Å²) in [6.07, 6.45) is 2.04. The van der Waals surface area contributed by atoms with Crippen molar-refractivity contribution < 1.29 is 9.18 Å². The molecule has 0 aliphatic rings. The molecule has 2 heterocycles. The Bertz CT molecular complexity index is 1330. The molecule has 4 aromatic rings. The number of halogens is 1. The Morgan fingerprint density at radius 1 is 1.16 bits per heavy atom. The zero-order chi connectivity index (χ0) is 21.8. The summed E-state index contributed by atoms with van der Waals surface area (Å²) in [6.45, 7) is 4.34. The average molecular weight is 438 g/mol. The number of aromatic nitrogens is 4. The molecule has 2 aromatic heterocycles. The molecule has 158 valence electrons. The molecule has 0 saturated carbocycles. The largest absolute Gasteiger partial charge is 0.355 e. The molecule has 0 fully saturated rings. The quantitative estimate of drug-likeness (QED) is 0.339. The number of rotatable bonds is 8. The van der Waals surface area contributed by atoms with Crippen LogP contribution in [0.3, 0.4) is 0 Å². The number of carbonyl (C=O) groups is 1. The van der Waals surface area contributed by atoms with Crippen LogP contribution in [0.4, 0.5) is 4.39 Å². The van der Waals surface area contributed by atoms with Gasteiger partial charge in [0.2, 0.25) is 11.7 Å². The highest BCUT2D eigenvalue weighted by molar-refractivity contribution is 7.99. The van der Waals surface area contributed by atoms with E-state index in [1.54, 1.807) is 40.8 Å². The number of nitrogens with zero attached hydrogens (tertiary/aromatic N) is 4. The van der Waals surface area contributed by atoms with Crippen molar-refractivity contribution in [2.75, 3.05) is 12.3 Å². The van der Waals surface area contributed by atoms with Gasteiger partial charge in [0.1, 0.15) is 5.82 Å². The summed E-state index contributed by atoms with van der Waals surface area (Å²) in [5, 5.41) is 12.2. The Balaban J connectivity index is 1.51. The van der Waals surface area contributed by atoms with Crippen LogP contribution in [0.2, 0.25) is 0 Å². The minimum absolute atomic E-state index is 0.118. The molecule has 1 N–H and O–H groups in total. The van der Waals surface area contributed by atoms with Gasteiger partial charge in [0.15, 0.2) is 5.16 Å². The van der Waals surface area contributed by atoms with E-state index in [-0.39, 0.29) is 23.0 Å². The second-order valence-electron chi connectivity index (χ2n) is 6.82. The van der Waals surface area contributed by atoms with Gasteiger partial charge in [-0.2, -0.15) is 0 Å². The maximum atomic E-state index is 13.7. The van der Waals surface area contributed by atoms with Gasteiger partial charge in [-0.3, -0.25) is 18.6 Å². The summed E-state index contributed by atoms with van der Waals surface area (Å²) in [4.78, 5) is 25.1. The van der Waals surface area contributed by atoms with Gasteiger partial charge in [-0.25, -0.2) is 4.39 Å². The van der Waals surface area contributed by atoms with Crippen LogP contribution in [0, 0.1) is 5.82 Å². The fraction of sp³-hybridized carbons (Fsp3) is 0.182. The second-order valence-corrected chi connectivity index (χ2v) is 7.76. The Morgan fingerprint density at radius 3 is 2.74 bits per heavy atom. The molecular formula is C22H20FN5O2S. The molecule has 0 bridgehead atoms. The van der Waals surface area contributed by atoms with Crippen molar-refractivity contribution in [1.29, 1.82) is 0 Å². The number of para-hydroxylation sites is 1. The third kappa shape index (κ3) is 4.22. The van der Waals surface area contributed by atoms with E-state index in [1.807, 2.05) is 12.1 Å². The third-order valence-corrected chi connectivity index (χ3v) is 5.73. The molecule has 2 aromatic carbocycles. The van der Waals surface area contributed by atoms with Gasteiger partial charge in [0.05, 0.1) is 16.7 Å². The fourth-order valence-electron chi connectivity index (χ4n) is 3.34.